The molecule has 0 saturated carbocycles. The number of carbonyl (C=O) groups excluding carboxylic acids is 1. The van der Waals surface area contributed by atoms with Gasteiger partial charge in [-0.1, -0.05) is 37.6 Å². The normalized spacial score (nSPS) is 10.8. The van der Waals surface area contributed by atoms with E-state index in [1.165, 1.54) is 0 Å². The fourth-order valence-corrected chi connectivity index (χ4v) is 2.82. The second-order valence-corrected chi connectivity index (χ2v) is 5.99. The maximum atomic E-state index is 12.5. The van der Waals surface area contributed by atoms with E-state index >= 15 is 0 Å². The van der Waals surface area contributed by atoms with Crippen LogP contribution < -0.4 is 10.4 Å². The Bertz CT molecular complexity index is 952. The lowest BCUT2D eigenvalue weighted by atomic mass is 9.99. The highest BCUT2D eigenvalue weighted by Gasteiger charge is 2.14. The van der Waals surface area contributed by atoms with Crippen molar-refractivity contribution in [1.82, 2.24) is 0 Å². The highest BCUT2D eigenvalue weighted by Crippen LogP contribution is 2.29. The fraction of sp³-hybridized carbons (Fsp3) is 0.238. The van der Waals surface area contributed by atoms with Crippen molar-refractivity contribution in [3.8, 4) is 16.9 Å². The van der Waals surface area contributed by atoms with Gasteiger partial charge < -0.3 is 9.15 Å². The molecule has 0 aliphatic heterocycles. The smallest absolute Gasteiger partial charge is 0.344 e. The number of carbonyl (C=O) groups is 1. The Morgan fingerprint density at radius 3 is 2.56 bits per heavy atom. The number of hydrogen-bond donors (Lipinski definition) is 0. The lowest BCUT2D eigenvalue weighted by Crippen LogP contribution is -2.06. The van der Waals surface area contributed by atoms with Crippen LogP contribution >= 0.6 is 0 Å². The monoisotopic (exact) mass is 336 g/mol. The van der Waals surface area contributed by atoms with Crippen molar-refractivity contribution < 1.29 is 13.9 Å². The van der Waals surface area contributed by atoms with Gasteiger partial charge in [0, 0.05) is 17.0 Å². The number of rotatable bonds is 6. The van der Waals surface area contributed by atoms with Crippen molar-refractivity contribution in [3.63, 3.8) is 0 Å². The quantitative estimate of drug-likeness (QED) is 0.370. The zero-order chi connectivity index (χ0) is 17.8. The van der Waals surface area contributed by atoms with E-state index in [-0.39, 0.29) is 0 Å². The Balaban J connectivity index is 2.04. The van der Waals surface area contributed by atoms with Crippen LogP contribution in [0.4, 0.5) is 0 Å². The van der Waals surface area contributed by atoms with Gasteiger partial charge >= 0.3 is 5.63 Å². The largest absolute Gasteiger partial charge is 0.493 e. The summed E-state index contributed by atoms with van der Waals surface area (Å²) in [7, 11) is 0. The molecule has 2 aromatic carbocycles. The van der Waals surface area contributed by atoms with Crippen molar-refractivity contribution >= 4 is 17.3 Å². The van der Waals surface area contributed by atoms with Crippen LogP contribution in [0.2, 0.25) is 0 Å². The highest BCUT2D eigenvalue weighted by molar-refractivity contribution is 5.88. The second kappa shape index (κ2) is 7.34. The molecule has 4 nitrogen and oxygen atoms in total. The SMILES string of the molecule is CCCCOc1ccc2c(C)c(-c3ccc(C=O)cc3)c(=O)oc2c1. The summed E-state index contributed by atoms with van der Waals surface area (Å²) in [6, 6.07) is 12.5. The van der Waals surface area contributed by atoms with Gasteiger partial charge in [-0.25, -0.2) is 4.79 Å². The first-order valence-electron chi connectivity index (χ1n) is 8.40. The Morgan fingerprint density at radius 1 is 1.12 bits per heavy atom. The molecule has 0 fully saturated rings. The third-order valence-corrected chi connectivity index (χ3v) is 4.24. The third-order valence-electron chi connectivity index (χ3n) is 4.24. The van der Waals surface area contributed by atoms with Crippen LogP contribution in [0.3, 0.4) is 0 Å². The van der Waals surface area contributed by atoms with E-state index in [9.17, 15) is 9.59 Å². The molecule has 0 amide bonds. The van der Waals surface area contributed by atoms with Gasteiger partial charge in [0.05, 0.1) is 12.2 Å². The van der Waals surface area contributed by atoms with Crippen LogP contribution in [0.5, 0.6) is 5.75 Å². The molecule has 0 saturated heterocycles. The predicted molar refractivity (Wildman–Crippen MR) is 98.4 cm³/mol. The van der Waals surface area contributed by atoms with Gasteiger partial charge in [-0.05, 0) is 36.6 Å². The number of ether oxygens (including phenoxy) is 1. The van der Waals surface area contributed by atoms with Crippen LogP contribution in [-0.2, 0) is 0 Å². The first-order chi connectivity index (χ1) is 12.1. The molecule has 1 aromatic heterocycles. The maximum absolute atomic E-state index is 12.5. The van der Waals surface area contributed by atoms with Gasteiger partial charge in [-0.15, -0.1) is 0 Å². The number of aldehydes is 1. The summed E-state index contributed by atoms with van der Waals surface area (Å²) < 4.78 is 11.2. The van der Waals surface area contributed by atoms with Gasteiger partial charge in [0.15, 0.2) is 0 Å². The van der Waals surface area contributed by atoms with E-state index in [0.29, 0.717) is 29.1 Å². The summed E-state index contributed by atoms with van der Waals surface area (Å²) in [4.78, 5) is 23.3. The van der Waals surface area contributed by atoms with Gasteiger partial charge in [0.1, 0.15) is 17.6 Å². The topological polar surface area (TPSA) is 56.5 Å². The molecule has 0 N–H and O–H groups in total. The van der Waals surface area contributed by atoms with Crippen molar-refractivity contribution in [2.45, 2.75) is 26.7 Å². The van der Waals surface area contributed by atoms with Crippen molar-refractivity contribution in [3.05, 3.63) is 64.0 Å². The zero-order valence-corrected chi connectivity index (χ0v) is 14.4. The minimum absolute atomic E-state index is 0.394. The van der Waals surface area contributed by atoms with E-state index in [1.807, 2.05) is 19.1 Å². The van der Waals surface area contributed by atoms with Crippen LogP contribution in [0.15, 0.2) is 51.7 Å². The first-order valence-corrected chi connectivity index (χ1v) is 8.40. The molecule has 3 rings (SSSR count). The molecule has 1 heterocycles. The standard InChI is InChI=1S/C21H20O4/c1-3-4-11-24-17-9-10-18-14(2)20(21(23)25-19(18)12-17)16-7-5-15(13-22)6-8-16/h5-10,12-13H,3-4,11H2,1-2H3. The molecule has 128 valence electrons. The van der Waals surface area contributed by atoms with E-state index in [2.05, 4.69) is 6.92 Å². The molecule has 0 atom stereocenters. The fourth-order valence-electron chi connectivity index (χ4n) is 2.82. The Hall–Kier alpha value is -2.88. The van der Waals surface area contributed by atoms with Gasteiger partial charge in [0.2, 0.25) is 0 Å². The van der Waals surface area contributed by atoms with Crippen LogP contribution in [-0.4, -0.2) is 12.9 Å². The van der Waals surface area contributed by atoms with Crippen LogP contribution in [0.1, 0.15) is 35.7 Å². The molecule has 0 spiro atoms. The number of benzene rings is 2. The summed E-state index contributed by atoms with van der Waals surface area (Å²) >= 11 is 0. The zero-order valence-electron chi connectivity index (χ0n) is 14.4. The molecule has 0 aliphatic rings. The van der Waals surface area contributed by atoms with E-state index in [4.69, 9.17) is 9.15 Å². The maximum Gasteiger partial charge on any atom is 0.344 e. The number of hydrogen-bond acceptors (Lipinski definition) is 4. The van der Waals surface area contributed by atoms with Gasteiger partial charge in [0.25, 0.3) is 0 Å². The summed E-state index contributed by atoms with van der Waals surface area (Å²) in [6.45, 7) is 4.65. The lowest BCUT2D eigenvalue weighted by molar-refractivity contribution is 0.112. The molecule has 0 unspecified atom stereocenters. The molecular weight excluding hydrogens is 316 g/mol. The Kier molecular flexibility index (Phi) is 4.98. The van der Waals surface area contributed by atoms with Crippen LogP contribution in [0.25, 0.3) is 22.1 Å². The van der Waals surface area contributed by atoms with Crippen molar-refractivity contribution in [2.75, 3.05) is 6.61 Å². The molecule has 25 heavy (non-hydrogen) atoms. The average molecular weight is 336 g/mol. The summed E-state index contributed by atoms with van der Waals surface area (Å²) in [5, 5.41) is 0.872. The van der Waals surface area contributed by atoms with Crippen LogP contribution in [0, 0.1) is 6.92 Å². The van der Waals surface area contributed by atoms with Gasteiger partial charge in [-0.3, -0.25) is 4.79 Å². The molecule has 4 heteroatoms. The summed E-state index contributed by atoms with van der Waals surface area (Å²) in [6.07, 6.45) is 2.82. The lowest BCUT2D eigenvalue weighted by Gasteiger charge is -2.10. The predicted octanol–water partition coefficient (Wildman–Crippen LogP) is 4.76. The first kappa shape index (κ1) is 17.0. The van der Waals surface area contributed by atoms with E-state index < -0.39 is 5.63 Å². The minimum atomic E-state index is -0.394. The Morgan fingerprint density at radius 2 is 1.88 bits per heavy atom. The molecule has 0 aliphatic carbocycles. The highest BCUT2D eigenvalue weighted by atomic mass is 16.5. The summed E-state index contributed by atoms with van der Waals surface area (Å²) in [5.74, 6) is 0.701. The molecule has 0 bridgehead atoms. The van der Waals surface area contributed by atoms with E-state index in [1.54, 1.807) is 30.3 Å². The minimum Gasteiger partial charge on any atom is -0.493 e. The molecule has 0 radical (unpaired) electrons. The van der Waals surface area contributed by atoms with Crippen molar-refractivity contribution in [1.29, 1.82) is 0 Å². The Labute approximate surface area is 146 Å². The number of aryl methyl sites for hydroxylation is 1. The average Bonchev–Trinajstić information content (AvgIpc) is 2.62. The van der Waals surface area contributed by atoms with Crippen molar-refractivity contribution in [2.24, 2.45) is 0 Å². The molecule has 3 aromatic rings. The number of fused-ring (bicyclic) bond motifs is 1. The second-order valence-electron chi connectivity index (χ2n) is 5.99. The van der Waals surface area contributed by atoms with Gasteiger partial charge in [-0.2, -0.15) is 0 Å². The molecular formula is C21H20O4. The van der Waals surface area contributed by atoms with E-state index in [0.717, 1.165) is 35.6 Å². The number of unbranched alkanes of at least 4 members (excludes halogenated alkanes) is 1. The third kappa shape index (κ3) is 3.48. The summed E-state index contributed by atoms with van der Waals surface area (Å²) in [5.41, 5.74) is 2.80.